The van der Waals surface area contributed by atoms with Crippen molar-refractivity contribution in [3.63, 3.8) is 0 Å². The monoisotopic (exact) mass is 426 g/mol. The van der Waals surface area contributed by atoms with Gasteiger partial charge in [0, 0.05) is 18.7 Å². The molecule has 2 N–H and O–H groups in total. The molecule has 0 bridgehead atoms. The molecule has 11 heteroatoms. The average molecular weight is 426 g/mol. The number of nitro groups is 1. The summed E-state index contributed by atoms with van der Waals surface area (Å²) in [4.78, 5) is 34.2. The number of nitro benzene ring substituents is 1. The van der Waals surface area contributed by atoms with E-state index in [-0.39, 0.29) is 23.3 Å². The molecule has 0 spiro atoms. The normalized spacial score (nSPS) is 10.5. The highest BCUT2D eigenvalue weighted by Gasteiger charge is 2.16. The van der Waals surface area contributed by atoms with Crippen molar-refractivity contribution in [3.05, 3.63) is 64.5 Å². The Morgan fingerprint density at radius 1 is 1.20 bits per heavy atom. The highest BCUT2D eigenvalue weighted by Crippen LogP contribution is 2.26. The summed E-state index contributed by atoms with van der Waals surface area (Å²) in [6.07, 6.45) is 1.51. The molecule has 2 amide bonds. The molecule has 0 saturated carbocycles. The maximum absolute atomic E-state index is 12.4. The van der Waals surface area contributed by atoms with Crippen molar-refractivity contribution in [3.8, 4) is 5.69 Å². The lowest BCUT2D eigenvalue weighted by molar-refractivity contribution is -0.385. The number of amides is 2. The lowest BCUT2D eigenvalue weighted by Crippen LogP contribution is -2.15. The number of carbonyl (C=O) groups is 2. The summed E-state index contributed by atoms with van der Waals surface area (Å²) in [5.41, 5.74) is 2.07. The minimum absolute atomic E-state index is 0.0339. The van der Waals surface area contributed by atoms with Gasteiger partial charge in [0.15, 0.2) is 5.16 Å². The van der Waals surface area contributed by atoms with E-state index in [0.29, 0.717) is 22.1 Å². The number of anilines is 2. The van der Waals surface area contributed by atoms with E-state index in [9.17, 15) is 19.7 Å². The van der Waals surface area contributed by atoms with Crippen molar-refractivity contribution in [2.24, 2.45) is 0 Å². The van der Waals surface area contributed by atoms with Crippen molar-refractivity contribution in [2.45, 2.75) is 19.0 Å². The first kappa shape index (κ1) is 21.0. The van der Waals surface area contributed by atoms with Crippen molar-refractivity contribution in [2.75, 3.05) is 16.4 Å². The number of rotatable bonds is 7. The van der Waals surface area contributed by atoms with Gasteiger partial charge in [-0.25, -0.2) is 0 Å². The Balaban J connectivity index is 1.69. The Bertz CT molecular complexity index is 1110. The molecular formula is C19H18N6O4S. The summed E-state index contributed by atoms with van der Waals surface area (Å²) in [5, 5.41) is 24.9. The van der Waals surface area contributed by atoms with Crippen molar-refractivity contribution < 1.29 is 14.5 Å². The van der Waals surface area contributed by atoms with Gasteiger partial charge in [-0.15, -0.1) is 10.2 Å². The molecule has 3 aromatic rings. The van der Waals surface area contributed by atoms with Crippen LogP contribution in [0.1, 0.15) is 12.5 Å². The zero-order chi connectivity index (χ0) is 21.7. The first-order valence-electron chi connectivity index (χ1n) is 8.80. The van der Waals surface area contributed by atoms with Crippen LogP contribution >= 0.6 is 11.8 Å². The summed E-state index contributed by atoms with van der Waals surface area (Å²) in [6.45, 7) is 3.01. The number of aromatic nitrogens is 3. The van der Waals surface area contributed by atoms with Gasteiger partial charge in [0.25, 0.3) is 5.69 Å². The number of hydrogen-bond acceptors (Lipinski definition) is 7. The van der Waals surface area contributed by atoms with Gasteiger partial charge in [-0.2, -0.15) is 0 Å². The third-order valence-corrected chi connectivity index (χ3v) is 5.01. The van der Waals surface area contributed by atoms with E-state index in [1.807, 2.05) is 6.07 Å². The topological polar surface area (TPSA) is 132 Å². The van der Waals surface area contributed by atoms with E-state index in [1.54, 1.807) is 35.8 Å². The van der Waals surface area contributed by atoms with E-state index < -0.39 is 4.92 Å². The van der Waals surface area contributed by atoms with Gasteiger partial charge in [0.1, 0.15) is 6.33 Å². The first-order valence-corrected chi connectivity index (χ1v) is 9.78. The van der Waals surface area contributed by atoms with Crippen LogP contribution in [0.2, 0.25) is 0 Å². The Hall–Kier alpha value is -3.73. The quantitative estimate of drug-likeness (QED) is 0.337. The number of hydrogen-bond donors (Lipinski definition) is 2. The number of carbonyl (C=O) groups excluding carboxylic acids is 2. The SMILES string of the molecule is CC(=O)Nc1cccc(-n2cnnc2SCC(=O)Nc2cccc([N+](=O)[O-])c2C)c1. The third-order valence-electron chi connectivity index (χ3n) is 4.07. The molecule has 154 valence electrons. The van der Waals surface area contributed by atoms with Crippen LogP contribution in [0, 0.1) is 17.0 Å². The van der Waals surface area contributed by atoms with Crippen LogP contribution in [0.25, 0.3) is 5.69 Å². The predicted octanol–water partition coefficient (Wildman–Crippen LogP) is 3.17. The predicted molar refractivity (Wildman–Crippen MR) is 113 cm³/mol. The van der Waals surface area contributed by atoms with Gasteiger partial charge in [-0.3, -0.25) is 24.3 Å². The standard InChI is InChI=1S/C19H18N6O4S/c1-12-16(7-4-8-17(12)25(28)29)22-18(27)10-30-19-23-20-11-24(19)15-6-3-5-14(9-15)21-13(2)26/h3-9,11H,10H2,1-2H3,(H,21,26)(H,22,27). The summed E-state index contributed by atoms with van der Waals surface area (Å²) in [5.74, 6) is -0.476. The highest BCUT2D eigenvalue weighted by atomic mass is 32.2. The minimum Gasteiger partial charge on any atom is -0.326 e. The van der Waals surface area contributed by atoms with Crippen molar-refractivity contribution in [1.29, 1.82) is 0 Å². The molecule has 0 radical (unpaired) electrons. The average Bonchev–Trinajstić information content (AvgIpc) is 3.16. The summed E-state index contributed by atoms with van der Waals surface area (Å²) in [7, 11) is 0. The van der Waals surface area contributed by atoms with E-state index in [1.165, 1.54) is 37.1 Å². The second-order valence-electron chi connectivity index (χ2n) is 6.26. The smallest absolute Gasteiger partial charge is 0.274 e. The van der Waals surface area contributed by atoms with E-state index in [0.717, 1.165) is 5.69 Å². The van der Waals surface area contributed by atoms with Crippen molar-refractivity contribution >= 4 is 40.6 Å². The van der Waals surface area contributed by atoms with Gasteiger partial charge < -0.3 is 10.6 Å². The molecule has 0 atom stereocenters. The Labute approximate surface area is 175 Å². The summed E-state index contributed by atoms with van der Waals surface area (Å²) >= 11 is 1.17. The first-order chi connectivity index (χ1) is 14.3. The molecule has 0 saturated heterocycles. The van der Waals surface area contributed by atoms with Gasteiger partial charge in [0.05, 0.1) is 27.6 Å². The highest BCUT2D eigenvalue weighted by molar-refractivity contribution is 7.99. The third kappa shape index (κ3) is 5.00. The molecule has 1 aromatic heterocycles. The van der Waals surface area contributed by atoms with Crippen LogP contribution < -0.4 is 10.6 Å². The molecule has 2 aromatic carbocycles. The molecular weight excluding hydrogens is 408 g/mol. The second kappa shape index (κ2) is 9.18. The lowest BCUT2D eigenvalue weighted by atomic mass is 10.1. The van der Waals surface area contributed by atoms with Crippen LogP contribution in [-0.4, -0.2) is 37.3 Å². The fourth-order valence-corrected chi connectivity index (χ4v) is 3.44. The largest absolute Gasteiger partial charge is 0.326 e. The molecule has 0 fully saturated rings. The fourth-order valence-electron chi connectivity index (χ4n) is 2.71. The molecule has 3 rings (SSSR count). The molecule has 0 aliphatic heterocycles. The second-order valence-corrected chi connectivity index (χ2v) is 7.20. The molecule has 30 heavy (non-hydrogen) atoms. The molecule has 0 aliphatic carbocycles. The van der Waals surface area contributed by atoms with E-state index >= 15 is 0 Å². The summed E-state index contributed by atoms with van der Waals surface area (Å²) < 4.78 is 1.70. The molecule has 1 heterocycles. The maximum atomic E-state index is 12.4. The summed E-state index contributed by atoms with van der Waals surface area (Å²) in [6, 6.07) is 11.7. The van der Waals surface area contributed by atoms with Crippen LogP contribution in [0.15, 0.2) is 53.9 Å². The van der Waals surface area contributed by atoms with Gasteiger partial charge in [0.2, 0.25) is 11.8 Å². The maximum Gasteiger partial charge on any atom is 0.274 e. The number of thioether (sulfide) groups is 1. The van der Waals surface area contributed by atoms with Crippen LogP contribution in [0.4, 0.5) is 17.1 Å². The zero-order valence-corrected chi connectivity index (χ0v) is 17.0. The Kier molecular flexibility index (Phi) is 6.42. The number of nitrogens with one attached hydrogen (secondary N) is 2. The molecule has 0 aliphatic rings. The van der Waals surface area contributed by atoms with Crippen molar-refractivity contribution in [1.82, 2.24) is 14.8 Å². The van der Waals surface area contributed by atoms with Crippen LogP contribution in [0.5, 0.6) is 0 Å². The van der Waals surface area contributed by atoms with Gasteiger partial charge >= 0.3 is 0 Å². The zero-order valence-electron chi connectivity index (χ0n) is 16.2. The van der Waals surface area contributed by atoms with E-state index in [2.05, 4.69) is 20.8 Å². The molecule has 0 unspecified atom stereocenters. The number of nitrogens with zero attached hydrogens (tertiary/aromatic N) is 4. The fraction of sp³-hybridized carbons (Fsp3) is 0.158. The minimum atomic E-state index is -0.489. The van der Waals surface area contributed by atoms with E-state index in [4.69, 9.17) is 0 Å². The van der Waals surface area contributed by atoms with Crippen LogP contribution in [-0.2, 0) is 9.59 Å². The molecule has 10 nitrogen and oxygen atoms in total. The number of benzene rings is 2. The Morgan fingerprint density at radius 3 is 2.70 bits per heavy atom. The Morgan fingerprint density at radius 2 is 1.97 bits per heavy atom. The van der Waals surface area contributed by atoms with Gasteiger partial charge in [-0.05, 0) is 31.2 Å². The lowest BCUT2D eigenvalue weighted by Gasteiger charge is -2.10. The van der Waals surface area contributed by atoms with Gasteiger partial charge in [-0.1, -0.05) is 23.9 Å². The van der Waals surface area contributed by atoms with Crippen LogP contribution in [0.3, 0.4) is 0 Å².